The van der Waals surface area contributed by atoms with Gasteiger partial charge in [0.15, 0.2) is 0 Å². The molecule has 2 rings (SSSR count). The van der Waals surface area contributed by atoms with Gasteiger partial charge in [-0.1, -0.05) is 27.2 Å². The van der Waals surface area contributed by atoms with E-state index in [1.807, 2.05) is 13.8 Å². The quantitative estimate of drug-likeness (QED) is 0.864. The number of hydrogen-bond acceptors (Lipinski definition) is 4. The van der Waals surface area contributed by atoms with Gasteiger partial charge in [-0.05, 0) is 30.7 Å². The summed E-state index contributed by atoms with van der Waals surface area (Å²) >= 11 is 1.54. The highest BCUT2D eigenvalue weighted by molar-refractivity contribution is 7.17. The van der Waals surface area contributed by atoms with E-state index in [9.17, 15) is 9.59 Å². The van der Waals surface area contributed by atoms with Crippen LogP contribution in [0.15, 0.2) is 0 Å². The summed E-state index contributed by atoms with van der Waals surface area (Å²) in [5, 5.41) is 3.55. The lowest BCUT2D eigenvalue weighted by Gasteiger charge is -2.20. The van der Waals surface area contributed by atoms with Gasteiger partial charge in [0.1, 0.15) is 5.00 Å². The lowest BCUT2D eigenvalue weighted by molar-refractivity contribution is -0.118. The summed E-state index contributed by atoms with van der Waals surface area (Å²) in [6.07, 6.45) is 4.14. The second kappa shape index (κ2) is 6.60. The van der Waals surface area contributed by atoms with Crippen LogP contribution < -0.4 is 5.32 Å². The normalized spacial score (nSPS) is 17.5. The Kier molecular flexibility index (Phi) is 5.04. The largest absolute Gasteiger partial charge is 0.465 e. The maximum absolute atomic E-state index is 12.1. The van der Waals surface area contributed by atoms with Crippen LogP contribution in [-0.2, 0) is 22.4 Å². The smallest absolute Gasteiger partial charge is 0.341 e. The Hall–Kier alpha value is -1.36. The van der Waals surface area contributed by atoms with Crippen LogP contribution in [0.2, 0.25) is 0 Å². The van der Waals surface area contributed by atoms with Crippen LogP contribution in [0, 0.1) is 11.8 Å². The van der Waals surface area contributed by atoms with Crippen molar-refractivity contribution in [1.82, 2.24) is 0 Å². The highest BCUT2D eigenvalue weighted by atomic mass is 32.1. The minimum atomic E-state index is -0.346. The van der Waals surface area contributed by atoms with E-state index in [1.165, 1.54) is 23.3 Å². The van der Waals surface area contributed by atoms with E-state index < -0.39 is 0 Å². The summed E-state index contributed by atoms with van der Waals surface area (Å²) in [5.41, 5.74) is 1.65. The van der Waals surface area contributed by atoms with E-state index in [1.54, 1.807) is 0 Å². The van der Waals surface area contributed by atoms with Crippen molar-refractivity contribution in [3.63, 3.8) is 0 Å². The molecule has 4 nitrogen and oxygen atoms in total. The Bertz CT molecular complexity index is 548. The molecule has 1 aliphatic carbocycles. The molecule has 1 heterocycles. The number of carbonyl (C=O) groups excluding carboxylic acids is 2. The minimum absolute atomic E-state index is 0.0641. The number of nitrogens with one attached hydrogen (secondary N) is 1. The number of amides is 1. The number of thiophene rings is 1. The second-order valence-electron chi connectivity index (χ2n) is 5.86. The molecule has 5 heteroatoms. The Balaban J connectivity index is 2.38. The van der Waals surface area contributed by atoms with Crippen molar-refractivity contribution < 1.29 is 14.3 Å². The number of esters is 1. The Morgan fingerprint density at radius 2 is 2.14 bits per heavy atom. The lowest BCUT2D eigenvalue weighted by Crippen LogP contribution is -2.19. The van der Waals surface area contributed by atoms with E-state index in [0.29, 0.717) is 16.5 Å². The van der Waals surface area contributed by atoms with E-state index >= 15 is 0 Å². The molecule has 1 aromatic heterocycles. The van der Waals surface area contributed by atoms with E-state index in [-0.39, 0.29) is 17.8 Å². The van der Waals surface area contributed by atoms with Gasteiger partial charge in [0, 0.05) is 10.8 Å². The van der Waals surface area contributed by atoms with Crippen LogP contribution >= 0.6 is 11.3 Å². The summed E-state index contributed by atoms with van der Waals surface area (Å²) in [4.78, 5) is 25.3. The van der Waals surface area contributed by atoms with Crippen molar-refractivity contribution in [1.29, 1.82) is 0 Å². The molecule has 1 atom stereocenters. The predicted molar refractivity (Wildman–Crippen MR) is 84.9 cm³/mol. The number of fused-ring (bicyclic) bond motifs is 1. The molecule has 0 fully saturated rings. The molecule has 1 N–H and O–H groups in total. The Morgan fingerprint density at radius 3 is 2.71 bits per heavy atom. The van der Waals surface area contributed by atoms with Crippen molar-refractivity contribution in [3.8, 4) is 0 Å². The van der Waals surface area contributed by atoms with Crippen LogP contribution in [0.4, 0.5) is 5.00 Å². The molecule has 0 aliphatic heterocycles. The molecule has 116 valence electrons. The van der Waals surface area contributed by atoms with Crippen molar-refractivity contribution >= 4 is 28.2 Å². The van der Waals surface area contributed by atoms with Gasteiger partial charge in [-0.15, -0.1) is 11.3 Å². The molecule has 21 heavy (non-hydrogen) atoms. The predicted octanol–water partition coefficient (Wildman–Crippen LogP) is 3.64. The average Bonchev–Trinajstić information content (AvgIpc) is 2.82. The summed E-state index contributed by atoms with van der Waals surface area (Å²) in [7, 11) is 1.39. The highest BCUT2D eigenvalue weighted by Crippen LogP contribution is 2.40. The van der Waals surface area contributed by atoms with Crippen LogP contribution in [0.3, 0.4) is 0 Å². The number of ether oxygens (including phenoxy) is 1. The molecular weight excluding hydrogens is 286 g/mol. The number of hydrogen-bond donors (Lipinski definition) is 1. The van der Waals surface area contributed by atoms with Gasteiger partial charge in [-0.2, -0.15) is 0 Å². The fourth-order valence-electron chi connectivity index (χ4n) is 2.66. The first kappa shape index (κ1) is 16.0. The summed E-state index contributed by atoms with van der Waals surface area (Å²) in [5.74, 6) is 0.153. The van der Waals surface area contributed by atoms with Crippen molar-refractivity contribution in [2.45, 2.75) is 46.5 Å². The number of carbonyl (C=O) groups is 2. The Labute approximate surface area is 129 Å². The van der Waals surface area contributed by atoms with Crippen LogP contribution in [0.25, 0.3) is 0 Å². The van der Waals surface area contributed by atoms with E-state index in [2.05, 4.69) is 12.2 Å². The number of anilines is 1. The topological polar surface area (TPSA) is 55.4 Å². The fraction of sp³-hybridized carbons (Fsp3) is 0.625. The third kappa shape index (κ3) is 3.28. The molecular formula is C16H23NO3S. The van der Waals surface area contributed by atoms with Crippen LogP contribution in [0.5, 0.6) is 0 Å². The lowest BCUT2D eigenvalue weighted by atomic mass is 9.85. The third-order valence-electron chi connectivity index (χ3n) is 4.10. The molecule has 1 aromatic rings. The monoisotopic (exact) mass is 309 g/mol. The first-order chi connectivity index (χ1) is 9.97. The zero-order valence-corrected chi connectivity index (χ0v) is 13.9. The van der Waals surface area contributed by atoms with Gasteiger partial charge in [0.05, 0.1) is 12.7 Å². The first-order valence-corrected chi connectivity index (χ1v) is 8.33. The molecule has 0 unspecified atom stereocenters. The molecule has 1 amide bonds. The summed E-state index contributed by atoms with van der Waals surface area (Å²) < 4.78 is 4.91. The van der Waals surface area contributed by atoms with Crippen LogP contribution in [0.1, 0.15) is 54.4 Å². The second-order valence-corrected chi connectivity index (χ2v) is 6.97. The minimum Gasteiger partial charge on any atom is -0.465 e. The molecule has 0 saturated heterocycles. The standard InChI is InChI=1S/C16H23NO3S/c1-5-10-6-7-11-12(8-10)21-15(13(11)16(19)20-4)17-14(18)9(2)3/h9-10H,5-8H2,1-4H3,(H,17,18)/t10-/m0/s1. The van der Waals surface area contributed by atoms with Gasteiger partial charge in [-0.3, -0.25) is 4.79 Å². The van der Waals surface area contributed by atoms with Crippen molar-refractivity contribution in [2.75, 3.05) is 12.4 Å². The summed E-state index contributed by atoms with van der Waals surface area (Å²) in [6.45, 7) is 5.88. The van der Waals surface area contributed by atoms with Gasteiger partial charge in [-0.25, -0.2) is 4.79 Å². The maximum atomic E-state index is 12.1. The molecule has 0 saturated carbocycles. The number of rotatable bonds is 4. The van der Waals surface area contributed by atoms with Crippen LogP contribution in [-0.4, -0.2) is 19.0 Å². The van der Waals surface area contributed by atoms with E-state index in [4.69, 9.17) is 4.74 Å². The summed E-state index contributed by atoms with van der Waals surface area (Å²) in [6, 6.07) is 0. The van der Waals surface area contributed by atoms with Gasteiger partial charge < -0.3 is 10.1 Å². The maximum Gasteiger partial charge on any atom is 0.341 e. The molecule has 0 bridgehead atoms. The highest BCUT2D eigenvalue weighted by Gasteiger charge is 2.29. The first-order valence-electron chi connectivity index (χ1n) is 7.51. The number of methoxy groups -OCH3 is 1. The zero-order chi connectivity index (χ0) is 15.6. The average molecular weight is 309 g/mol. The van der Waals surface area contributed by atoms with Crippen molar-refractivity contribution in [2.24, 2.45) is 11.8 Å². The van der Waals surface area contributed by atoms with Gasteiger partial charge >= 0.3 is 5.97 Å². The molecule has 0 spiro atoms. The molecule has 0 radical (unpaired) electrons. The fourth-order valence-corrected chi connectivity index (χ4v) is 4.02. The van der Waals surface area contributed by atoms with Crippen molar-refractivity contribution in [3.05, 3.63) is 16.0 Å². The third-order valence-corrected chi connectivity index (χ3v) is 5.27. The van der Waals surface area contributed by atoms with E-state index in [0.717, 1.165) is 31.2 Å². The molecule has 0 aromatic carbocycles. The SMILES string of the molecule is CC[C@H]1CCc2c(sc(NC(=O)C(C)C)c2C(=O)OC)C1. The zero-order valence-electron chi connectivity index (χ0n) is 13.1. The molecule has 1 aliphatic rings. The Morgan fingerprint density at radius 1 is 1.43 bits per heavy atom. The van der Waals surface area contributed by atoms with Gasteiger partial charge in [0.25, 0.3) is 0 Å². The van der Waals surface area contributed by atoms with Gasteiger partial charge in [0.2, 0.25) is 5.91 Å².